The van der Waals surface area contributed by atoms with Gasteiger partial charge in [0, 0.05) is 12.1 Å². The molecule has 0 fully saturated rings. The molecule has 3 amide bonds. The Hall–Kier alpha value is -4.28. The van der Waals surface area contributed by atoms with Gasteiger partial charge >= 0.3 is 6.09 Å². The Kier molecular flexibility index (Phi) is 12.7. The van der Waals surface area contributed by atoms with E-state index in [9.17, 15) is 23.9 Å². The van der Waals surface area contributed by atoms with E-state index in [0.29, 0.717) is 24.0 Å². The van der Waals surface area contributed by atoms with E-state index in [0.717, 1.165) is 16.0 Å². The first-order valence-corrected chi connectivity index (χ1v) is 12.4. The zero-order valence-corrected chi connectivity index (χ0v) is 22.6. The molecule has 9 nitrogen and oxygen atoms in total. The summed E-state index contributed by atoms with van der Waals surface area (Å²) in [6, 6.07) is 22.6. The average Bonchev–Trinajstić information content (AvgIpc) is 2.96. The van der Waals surface area contributed by atoms with Gasteiger partial charge in [-0.3, -0.25) is 19.9 Å². The van der Waals surface area contributed by atoms with E-state index in [1.54, 1.807) is 48.5 Å². The minimum absolute atomic E-state index is 0. The Labute approximate surface area is 238 Å². The minimum Gasteiger partial charge on any atom is -0.465 e. The molecular formula is C29H33ClFN5O4. The van der Waals surface area contributed by atoms with Crippen LogP contribution in [0.15, 0.2) is 84.9 Å². The lowest BCUT2D eigenvalue weighted by Crippen LogP contribution is -2.52. The number of rotatable bonds is 12. The maximum atomic E-state index is 13.6. The average molecular weight is 570 g/mol. The van der Waals surface area contributed by atoms with E-state index in [4.69, 9.17) is 11.1 Å². The van der Waals surface area contributed by atoms with E-state index >= 15 is 0 Å². The molecule has 3 rings (SSSR count). The summed E-state index contributed by atoms with van der Waals surface area (Å²) in [5.74, 6) is -1.49. The van der Waals surface area contributed by atoms with Crippen LogP contribution in [0.5, 0.6) is 0 Å². The summed E-state index contributed by atoms with van der Waals surface area (Å²) in [4.78, 5) is 37.5. The zero-order chi connectivity index (χ0) is 28.2. The summed E-state index contributed by atoms with van der Waals surface area (Å²) in [6.45, 7) is -1.02. The number of nitrogens with zero attached hydrogens (tertiary/aromatic N) is 1. The normalized spacial score (nSPS) is 11.8. The number of nitrogens with two attached hydrogens (primary N) is 1. The lowest BCUT2D eigenvalue weighted by molar-refractivity contribution is -0.130. The number of amidine groups is 1. The van der Waals surface area contributed by atoms with Crippen molar-refractivity contribution >= 4 is 36.2 Å². The van der Waals surface area contributed by atoms with Crippen molar-refractivity contribution in [2.45, 2.75) is 38.0 Å². The summed E-state index contributed by atoms with van der Waals surface area (Å²) < 4.78 is 13.6. The third kappa shape index (κ3) is 9.48. The quantitative estimate of drug-likeness (QED) is 0.167. The van der Waals surface area contributed by atoms with Crippen molar-refractivity contribution in [2.75, 3.05) is 6.67 Å². The number of benzene rings is 3. The number of hydrogen-bond acceptors (Lipinski definition) is 5. The third-order valence-corrected chi connectivity index (χ3v) is 6.09. The largest absolute Gasteiger partial charge is 0.465 e. The highest BCUT2D eigenvalue weighted by Gasteiger charge is 2.24. The molecule has 3 aromatic rings. The highest BCUT2D eigenvalue weighted by Crippen LogP contribution is 2.12. The molecule has 0 saturated heterocycles. The van der Waals surface area contributed by atoms with Gasteiger partial charge in [-0.05, 0) is 29.5 Å². The smallest absolute Gasteiger partial charge is 0.413 e. The van der Waals surface area contributed by atoms with Gasteiger partial charge in [0.1, 0.15) is 18.6 Å². The summed E-state index contributed by atoms with van der Waals surface area (Å²) >= 11 is 0. The van der Waals surface area contributed by atoms with Crippen LogP contribution in [0.3, 0.4) is 0 Å². The van der Waals surface area contributed by atoms with Gasteiger partial charge in [-0.15, -0.1) is 12.4 Å². The Morgan fingerprint density at radius 3 is 2.00 bits per heavy atom. The van der Waals surface area contributed by atoms with Gasteiger partial charge in [-0.2, -0.15) is 0 Å². The van der Waals surface area contributed by atoms with Gasteiger partial charge in [0.2, 0.25) is 11.8 Å². The molecule has 1 unspecified atom stereocenters. The Morgan fingerprint density at radius 1 is 0.875 bits per heavy atom. The molecule has 0 aliphatic heterocycles. The van der Waals surface area contributed by atoms with E-state index in [2.05, 4.69) is 10.6 Å². The van der Waals surface area contributed by atoms with E-state index in [1.165, 1.54) is 0 Å². The van der Waals surface area contributed by atoms with Gasteiger partial charge in [0.05, 0.1) is 12.6 Å². The molecule has 0 aromatic heterocycles. The van der Waals surface area contributed by atoms with Crippen molar-refractivity contribution in [3.05, 3.63) is 107 Å². The molecule has 40 heavy (non-hydrogen) atoms. The number of hydrogen-bond donors (Lipinski definition) is 5. The molecular weight excluding hydrogens is 537 g/mol. The second kappa shape index (κ2) is 16.0. The van der Waals surface area contributed by atoms with Crippen LogP contribution in [0.4, 0.5) is 9.18 Å². The maximum Gasteiger partial charge on any atom is 0.413 e. The fraction of sp³-hybridized carbons (Fsp3) is 0.241. The first-order valence-electron chi connectivity index (χ1n) is 12.4. The van der Waals surface area contributed by atoms with Crippen molar-refractivity contribution in [1.29, 1.82) is 5.41 Å². The molecule has 0 aliphatic carbocycles. The lowest BCUT2D eigenvalue weighted by atomic mass is 10.1. The van der Waals surface area contributed by atoms with Crippen LogP contribution in [0, 0.1) is 5.41 Å². The number of carboxylic acid groups (broad SMARTS) is 1. The fourth-order valence-corrected chi connectivity index (χ4v) is 3.81. The topological polar surface area (TPSA) is 149 Å². The number of carbonyl (C=O) groups is 3. The van der Waals surface area contributed by atoms with Gasteiger partial charge < -0.3 is 21.5 Å². The summed E-state index contributed by atoms with van der Waals surface area (Å²) in [5.41, 5.74) is 8.72. The SMILES string of the molecule is Cl.N=C(c1ccc(CNC(=O)C(CF)NC(=O)[C@H](N)CCc2ccccc2)cc1)N(Cc1ccccc1)C(=O)O. The minimum atomic E-state index is -1.38. The lowest BCUT2D eigenvalue weighted by Gasteiger charge is -2.20. The standard InChI is InChI=1S/C29H32FN5O4.ClH/c30-17-25(34-27(36)24(31)16-13-20-7-3-1-4-8-20)28(37)33-18-21-11-14-23(15-12-21)26(32)35(29(38)39)19-22-9-5-2-6-10-22;/h1-12,14-15,24-25,32H,13,16-19,31H2,(H,33,37)(H,34,36)(H,38,39);1H/t24-,25?;/m1./s1. The first-order chi connectivity index (χ1) is 18.8. The van der Waals surface area contributed by atoms with Crippen molar-refractivity contribution < 1.29 is 23.9 Å². The molecule has 11 heteroatoms. The van der Waals surface area contributed by atoms with Crippen molar-refractivity contribution in [2.24, 2.45) is 5.73 Å². The number of amides is 3. The third-order valence-electron chi connectivity index (χ3n) is 6.09. The highest BCUT2D eigenvalue weighted by atomic mass is 35.5. The molecule has 0 spiro atoms. The molecule has 2 atom stereocenters. The molecule has 212 valence electrons. The second-order valence-corrected chi connectivity index (χ2v) is 8.96. The number of aryl methyl sites for hydroxylation is 1. The second-order valence-electron chi connectivity index (χ2n) is 8.96. The van der Waals surface area contributed by atoms with E-state index < -0.39 is 36.7 Å². The van der Waals surface area contributed by atoms with Crippen LogP contribution in [0.25, 0.3) is 0 Å². The van der Waals surface area contributed by atoms with Crippen LogP contribution in [0.1, 0.15) is 28.7 Å². The number of carbonyl (C=O) groups excluding carboxylic acids is 2. The summed E-state index contributed by atoms with van der Waals surface area (Å²) in [6.07, 6.45) is -0.326. The zero-order valence-electron chi connectivity index (χ0n) is 21.8. The van der Waals surface area contributed by atoms with E-state index in [-0.39, 0.29) is 31.3 Å². The van der Waals surface area contributed by atoms with Gasteiger partial charge in [-0.1, -0.05) is 84.9 Å². The van der Waals surface area contributed by atoms with Gasteiger partial charge in [0.15, 0.2) is 0 Å². The predicted octanol–water partition coefficient (Wildman–Crippen LogP) is 3.64. The molecule has 0 saturated carbocycles. The molecule has 0 radical (unpaired) electrons. The number of nitrogens with one attached hydrogen (secondary N) is 3. The Bertz CT molecular complexity index is 1260. The molecule has 3 aromatic carbocycles. The number of halogens is 2. The van der Waals surface area contributed by atoms with Crippen LogP contribution < -0.4 is 16.4 Å². The fourth-order valence-electron chi connectivity index (χ4n) is 3.81. The van der Waals surface area contributed by atoms with Crippen LogP contribution in [0.2, 0.25) is 0 Å². The van der Waals surface area contributed by atoms with Crippen LogP contribution >= 0.6 is 12.4 Å². The Morgan fingerprint density at radius 2 is 1.45 bits per heavy atom. The maximum absolute atomic E-state index is 13.6. The van der Waals surface area contributed by atoms with Crippen LogP contribution in [-0.4, -0.2) is 52.5 Å². The Balaban J connectivity index is 0.00000560. The van der Waals surface area contributed by atoms with E-state index in [1.807, 2.05) is 36.4 Å². The molecule has 0 bridgehead atoms. The van der Waals surface area contributed by atoms with Gasteiger partial charge in [-0.25, -0.2) is 9.18 Å². The van der Waals surface area contributed by atoms with Crippen molar-refractivity contribution in [3.8, 4) is 0 Å². The molecule has 0 heterocycles. The molecule has 0 aliphatic rings. The van der Waals surface area contributed by atoms with Crippen molar-refractivity contribution in [1.82, 2.24) is 15.5 Å². The van der Waals surface area contributed by atoms with Gasteiger partial charge in [0.25, 0.3) is 0 Å². The monoisotopic (exact) mass is 569 g/mol. The highest BCUT2D eigenvalue weighted by molar-refractivity contribution is 6.04. The number of alkyl halides is 1. The molecule has 6 N–H and O–H groups in total. The first kappa shape index (κ1) is 31.9. The van der Waals surface area contributed by atoms with Crippen molar-refractivity contribution in [3.63, 3.8) is 0 Å². The van der Waals surface area contributed by atoms with Crippen LogP contribution in [-0.2, 0) is 29.1 Å². The summed E-state index contributed by atoms with van der Waals surface area (Å²) in [7, 11) is 0. The summed E-state index contributed by atoms with van der Waals surface area (Å²) in [5, 5.41) is 22.9. The predicted molar refractivity (Wildman–Crippen MR) is 153 cm³/mol.